The molecule has 9 heteroatoms. The van der Waals surface area contributed by atoms with Gasteiger partial charge in [0.2, 0.25) is 0 Å². The first-order chi connectivity index (χ1) is 24.3. The lowest BCUT2D eigenvalue weighted by Gasteiger charge is -2.18. The number of rotatable bonds is 37. The van der Waals surface area contributed by atoms with Gasteiger partial charge in [-0.25, -0.2) is 4.57 Å². The number of phosphoric ester groups is 1. The summed E-state index contributed by atoms with van der Waals surface area (Å²) in [6, 6.07) is 0. The highest BCUT2D eigenvalue weighted by Gasteiger charge is 2.22. The second-order valence-electron chi connectivity index (χ2n) is 13.6. The maximum absolute atomic E-state index is 12.4. The van der Waals surface area contributed by atoms with Crippen LogP contribution in [0.25, 0.3) is 0 Å². The number of esters is 2. The molecule has 0 rings (SSSR count). The molecule has 0 saturated carbocycles. The van der Waals surface area contributed by atoms with E-state index in [9.17, 15) is 14.2 Å². The van der Waals surface area contributed by atoms with Crippen molar-refractivity contribution in [3.8, 4) is 0 Å². The highest BCUT2D eigenvalue weighted by Crippen LogP contribution is 2.36. The first kappa shape index (κ1) is 48.3. The summed E-state index contributed by atoms with van der Waals surface area (Å²) in [4.78, 5) is 42.8. The van der Waals surface area contributed by atoms with Crippen molar-refractivity contribution >= 4 is 19.8 Å². The summed E-state index contributed by atoms with van der Waals surface area (Å²) >= 11 is 0. The molecule has 0 aliphatic rings. The predicted octanol–water partition coefficient (Wildman–Crippen LogP) is 12.2. The Morgan fingerprint density at radius 1 is 0.520 bits per heavy atom. The quantitative estimate of drug-likeness (QED) is 0.0281. The maximum Gasteiger partial charge on any atom is 0.469 e. The highest BCUT2D eigenvalue weighted by molar-refractivity contribution is 7.46. The van der Waals surface area contributed by atoms with E-state index in [1.165, 1.54) is 96.3 Å². The Morgan fingerprint density at radius 3 is 1.38 bits per heavy atom. The number of phosphoric acid groups is 1. The average molecular weight is 727 g/mol. The van der Waals surface area contributed by atoms with Gasteiger partial charge >= 0.3 is 19.8 Å². The molecular weight excluding hydrogens is 651 g/mol. The van der Waals surface area contributed by atoms with Crippen LogP contribution in [0.1, 0.15) is 194 Å². The Balaban J connectivity index is 3.95. The SMILES string of the molecule is CCCCC/C=C/C/C=C/CCCCCCCC(=O)OC[C@H](COP(=O)(O)O)OC(=O)CCCCCCCCCCC/C=C/CCCCCC. The van der Waals surface area contributed by atoms with Gasteiger partial charge in [0, 0.05) is 12.8 Å². The van der Waals surface area contributed by atoms with Crippen LogP contribution >= 0.6 is 7.82 Å². The van der Waals surface area contributed by atoms with Crippen LogP contribution in [0.5, 0.6) is 0 Å². The van der Waals surface area contributed by atoms with Gasteiger partial charge in [0.05, 0.1) is 6.61 Å². The summed E-state index contributed by atoms with van der Waals surface area (Å²) in [7, 11) is -4.75. The standard InChI is InChI=1S/C41H75O8P/c1-3-5-7-9-11-13-15-17-19-20-22-24-26-28-30-32-34-36-41(43)49-39(38-48-50(44,45)46)37-47-40(42)35-33-31-29-27-25-23-21-18-16-14-12-10-8-6-4-2/h12-15,18,21,39H,3-11,16-17,19-20,22-38H2,1-2H3,(H2,44,45,46)/b14-12+,15-13+,21-18+/t39-/m1/s1. The summed E-state index contributed by atoms with van der Waals surface area (Å²) in [5.41, 5.74) is 0. The van der Waals surface area contributed by atoms with Gasteiger partial charge in [0.25, 0.3) is 0 Å². The number of hydrogen-bond donors (Lipinski definition) is 2. The Kier molecular flexibility index (Phi) is 35.8. The summed E-state index contributed by atoms with van der Waals surface area (Å²) in [6.07, 6.45) is 42.9. The molecule has 0 aliphatic carbocycles. The molecule has 0 amide bonds. The van der Waals surface area contributed by atoms with E-state index in [4.69, 9.17) is 19.3 Å². The second kappa shape index (κ2) is 37.0. The van der Waals surface area contributed by atoms with Gasteiger partial charge in [-0.2, -0.15) is 0 Å². The smallest absolute Gasteiger partial charge is 0.462 e. The third-order valence-electron chi connectivity index (χ3n) is 8.63. The molecule has 0 radical (unpaired) electrons. The molecule has 8 nitrogen and oxygen atoms in total. The van der Waals surface area contributed by atoms with Crippen molar-refractivity contribution in [2.45, 2.75) is 200 Å². The normalized spacial score (nSPS) is 12.8. The molecule has 1 atom stereocenters. The lowest BCUT2D eigenvalue weighted by atomic mass is 10.1. The monoisotopic (exact) mass is 727 g/mol. The molecule has 2 N–H and O–H groups in total. The van der Waals surface area contributed by atoms with Gasteiger partial charge in [-0.15, -0.1) is 0 Å². The third kappa shape index (κ3) is 39.1. The molecule has 0 spiro atoms. The number of carbonyl (C=O) groups is 2. The van der Waals surface area contributed by atoms with Crippen LogP contribution in [0.15, 0.2) is 36.5 Å². The summed E-state index contributed by atoms with van der Waals surface area (Å²) in [5, 5.41) is 0. The second-order valence-corrected chi connectivity index (χ2v) is 14.8. The summed E-state index contributed by atoms with van der Waals surface area (Å²) in [6.45, 7) is 3.64. The van der Waals surface area contributed by atoms with Crippen molar-refractivity contribution in [3.05, 3.63) is 36.5 Å². The Labute approximate surface area is 306 Å². The van der Waals surface area contributed by atoms with Crippen molar-refractivity contribution in [2.24, 2.45) is 0 Å². The van der Waals surface area contributed by atoms with Gasteiger partial charge in [0.1, 0.15) is 6.61 Å². The zero-order valence-corrected chi connectivity index (χ0v) is 32.9. The van der Waals surface area contributed by atoms with Gasteiger partial charge in [0.15, 0.2) is 6.10 Å². The number of allylic oxidation sites excluding steroid dienone is 6. The molecule has 0 aliphatic heterocycles. The van der Waals surface area contributed by atoms with Crippen LogP contribution in [0.2, 0.25) is 0 Å². The fourth-order valence-corrected chi connectivity index (χ4v) is 5.93. The summed E-state index contributed by atoms with van der Waals surface area (Å²) in [5.74, 6) is -0.901. The maximum atomic E-state index is 12.4. The number of ether oxygens (including phenoxy) is 2. The van der Waals surface area contributed by atoms with Crippen LogP contribution in [0.3, 0.4) is 0 Å². The van der Waals surface area contributed by atoms with Gasteiger partial charge in [-0.05, 0) is 70.6 Å². The topological polar surface area (TPSA) is 119 Å². The number of hydrogen-bond acceptors (Lipinski definition) is 6. The Morgan fingerprint density at radius 2 is 0.900 bits per heavy atom. The third-order valence-corrected chi connectivity index (χ3v) is 9.12. The van der Waals surface area contributed by atoms with E-state index in [1.807, 2.05) is 0 Å². The minimum atomic E-state index is -4.75. The van der Waals surface area contributed by atoms with Crippen molar-refractivity contribution < 1.29 is 37.9 Å². The van der Waals surface area contributed by atoms with Crippen LogP contribution in [-0.2, 0) is 28.2 Å². The predicted molar refractivity (Wildman–Crippen MR) is 207 cm³/mol. The number of unbranched alkanes of at least 4 members (excludes halogenated alkanes) is 21. The van der Waals surface area contributed by atoms with E-state index in [0.717, 1.165) is 57.8 Å². The first-order valence-corrected chi connectivity index (χ1v) is 21.8. The van der Waals surface area contributed by atoms with Gasteiger partial charge in [-0.1, -0.05) is 147 Å². The van der Waals surface area contributed by atoms with Crippen LogP contribution < -0.4 is 0 Å². The lowest BCUT2D eigenvalue weighted by Crippen LogP contribution is -2.29. The Bertz CT molecular complexity index is 910. The minimum absolute atomic E-state index is 0.207. The van der Waals surface area contributed by atoms with E-state index < -0.39 is 32.5 Å². The zero-order chi connectivity index (χ0) is 36.8. The van der Waals surface area contributed by atoms with Crippen molar-refractivity contribution in [2.75, 3.05) is 13.2 Å². The minimum Gasteiger partial charge on any atom is -0.462 e. The van der Waals surface area contributed by atoms with E-state index in [1.54, 1.807) is 0 Å². The van der Waals surface area contributed by atoms with Crippen LogP contribution in [-0.4, -0.2) is 41.0 Å². The van der Waals surface area contributed by atoms with E-state index in [0.29, 0.717) is 12.8 Å². The van der Waals surface area contributed by atoms with E-state index in [-0.39, 0.29) is 19.4 Å². The number of carbonyl (C=O) groups excluding carboxylic acids is 2. The first-order valence-electron chi connectivity index (χ1n) is 20.3. The Hall–Kier alpha value is -1.73. The molecular formula is C41H75O8P. The van der Waals surface area contributed by atoms with Crippen LogP contribution in [0, 0.1) is 0 Å². The summed E-state index contributed by atoms with van der Waals surface area (Å²) < 4.78 is 26.3. The van der Waals surface area contributed by atoms with Crippen LogP contribution in [0.4, 0.5) is 0 Å². The molecule has 292 valence electrons. The van der Waals surface area contributed by atoms with E-state index >= 15 is 0 Å². The largest absolute Gasteiger partial charge is 0.469 e. The van der Waals surface area contributed by atoms with E-state index in [2.05, 4.69) is 54.8 Å². The highest BCUT2D eigenvalue weighted by atomic mass is 31.2. The van der Waals surface area contributed by atoms with Crippen molar-refractivity contribution in [1.29, 1.82) is 0 Å². The molecule has 0 unspecified atom stereocenters. The van der Waals surface area contributed by atoms with Gasteiger partial charge in [-0.3, -0.25) is 14.1 Å². The van der Waals surface area contributed by atoms with Crippen molar-refractivity contribution in [1.82, 2.24) is 0 Å². The van der Waals surface area contributed by atoms with Gasteiger partial charge < -0.3 is 19.3 Å². The fourth-order valence-electron chi connectivity index (χ4n) is 5.57. The fraction of sp³-hybridized carbons (Fsp3) is 0.805. The lowest BCUT2D eigenvalue weighted by molar-refractivity contribution is -0.161. The molecule has 0 aromatic carbocycles. The molecule has 0 bridgehead atoms. The molecule has 0 heterocycles. The molecule has 0 saturated heterocycles. The van der Waals surface area contributed by atoms with Crippen molar-refractivity contribution in [3.63, 3.8) is 0 Å². The molecule has 0 fully saturated rings. The molecule has 0 aromatic heterocycles. The average Bonchev–Trinajstić information content (AvgIpc) is 3.08. The molecule has 0 aromatic rings. The zero-order valence-electron chi connectivity index (χ0n) is 32.0. The molecule has 50 heavy (non-hydrogen) atoms.